The van der Waals surface area contributed by atoms with E-state index < -0.39 is 12.0 Å². The number of carboxylic acids is 1. The standard InChI is InChI=1S/C29H27N5O5/c1-39-23-12-10-19(11-13-23)17-30-28-32-25-14-15-33(29(38)31-21-7-5-6-20(16-21)27(36)37)18-24(25)26(35)34(28)22-8-3-2-4-9-22/h2-13,16H,14-15,17-18H2,1H3,(H,30,32)(H,31,38)(H,36,37). The topological polar surface area (TPSA) is 126 Å². The van der Waals surface area contributed by atoms with Crippen LogP contribution in [0.15, 0.2) is 83.7 Å². The summed E-state index contributed by atoms with van der Waals surface area (Å²) in [7, 11) is 1.62. The van der Waals surface area contributed by atoms with Crippen LogP contribution in [0.1, 0.15) is 27.2 Å². The maximum atomic E-state index is 13.8. The Morgan fingerprint density at radius 3 is 2.51 bits per heavy atom. The second kappa shape index (κ2) is 11.1. The number of carboxylic acid groups (broad SMARTS) is 1. The third kappa shape index (κ3) is 5.59. The van der Waals surface area contributed by atoms with Crippen LogP contribution in [0.25, 0.3) is 5.69 Å². The van der Waals surface area contributed by atoms with Crippen LogP contribution in [-0.2, 0) is 19.5 Å². The van der Waals surface area contributed by atoms with Crippen molar-refractivity contribution in [1.82, 2.24) is 14.5 Å². The molecule has 0 unspecified atom stereocenters. The van der Waals surface area contributed by atoms with Gasteiger partial charge in [-0.05, 0) is 48.0 Å². The molecule has 1 aliphatic rings. The first-order valence-corrected chi connectivity index (χ1v) is 12.4. The number of anilines is 2. The van der Waals surface area contributed by atoms with Gasteiger partial charge in [0.15, 0.2) is 0 Å². The lowest BCUT2D eigenvalue weighted by atomic mass is 10.1. The van der Waals surface area contributed by atoms with E-state index in [0.29, 0.717) is 48.1 Å². The fourth-order valence-electron chi connectivity index (χ4n) is 4.44. The summed E-state index contributed by atoms with van der Waals surface area (Å²) in [5.74, 6) is 0.0983. The van der Waals surface area contributed by atoms with E-state index in [1.54, 1.807) is 19.2 Å². The molecule has 198 valence electrons. The van der Waals surface area contributed by atoms with Crippen LogP contribution in [0, 0.1) is 0 Å². The minimum absolute atomic E-state index is 0.0707. The number of amides is 2. The molecular formula is C29H27N5O5. The van der Waals surface area contributed by atoms with Crippen molar-refractivity contribution >= 4 is 23.6 Å². The Kier molecular flexibility index (Phi) is 7.26. The fourth-order valence-corrected chi connectivity index (χ4v) is 4.44. The van der Waals surface area contributed by atoms with Crippen molar-refractivity contribution in [3.63, 3.8) is 0 Å². The summed E-state index contributed by atoms with van der Waals surface area (Å²) in [5, 5.41) is 15.3. The third-order valence-electron chi connectivity index (χ3n) is 6.50. The molecule has 0 radical (unpaired) electrons. The predicted octanol–water partition coefficient (Wildman–Crippen LogP) is 4.14. The van der Waals surface area contributed by atoms with Gasteiger partial charge in [0.2, 0.25) is 5.95 Å². The minimum atomic E-state index is -1.08. The van der Waals surface area contributed by atoms with Crippen molar-refractivity contribution in [2.75, 3.05) is 24.3 Å². The number of aromatic nitrogens is 2. The van der Waals surface area contributed by atoms with Crippen LogP contribution >= 0.6 is 0 Å². The second-order valence-corrected chi connectivity index (χ2v) is 9.03. The first kappa shape index (κ1) is 25.5. The third-order valence-corrected chi connectivity index (χ3v) is 6.50. The van der Waals surface area contributed by atoms with Crippen LogP contribution in [-0.4, -0.2) is 45.2 Å². The van der Waals surface area contributed by atoms with Gasteiger partial charge in [-0.2, -0.15) is 0 Å². The molecule has 0 saturated heterocycles. The molecule has 1 aliphatic heterocycles. The molecule has 1 aromatic heterocycles. The zero-order chi connectivity index (χ0) is 27.4. The summed E-state index contributed by atoms with van der Waals surface area (Å²) < 4.78 is 6.75. The van der Waals surface area contributed by atoms with Gasteiger partial charge in [-0.15, -0.1) is 0 Å². The highest BCUT2D eigenvalue weighted by Gasteiger charge is 2.27. The molecule has 0 bridgehead atoms. The molecule has 0 aliphatic carbocycles. The number of methoxy groups -OCH3 is 1. The van der Waals surface area contributed by atoms with E-state index in [-0.39, 0.29) is 17.7 Å². The zero-order valence-electron chi connectivity index (χ0n) is 21.3. The number of ether oxygens (including phenoxy) is 1. The van der Waals surface area contributed by atoms with Crippen LogP contribution in [0.3, 0.4) is 0 Å². The second-order valence-electron chi connectivity index (χ2n) is 9.03. The lowest BCUT2D eigenvalue weighted by molar-refractivity contribution is 0.0697. The Hall–Kier alpha value is -5.12. The molecule has 5 rings (SSSR count). The first-order valence-electron chi connectivity index (χ1n) is 12.4. The summed E-state index contributed by atoms with van der Waals surface area (Å²) >= 11 is 0. The normalized spacial score (nSPS) is 12.4. The number of benzene rings is 3. The van der Waals surface area contributed by atoms with E-state index in [1.165, 1.54) is 21.6 Å². The number of para-hydroxylation sites is 1. The number of rotatable bonds is 7. The Labute approximate surface area is 224 Å². The predicted molar refractivity (Wildman–Crippen MR) is 147 cm³/mol. The lowest BCUT2D eigenvalue weighted by Gasteiger charge is -2.29. The molecule has 2 amide bonds. The van der Waals surface area contributed by atoms with Gasteiger partial charge in [0.25, 0.3) is 5.56 Å². The summed E-state index contributed by atoms with van der Waals surface area (Å²) in [6, 6.07) is 22.5. The van der Waals surface area contributed by atoms with Gasteiger partial charge in [0, 0.05) is 25.2 Å². The monoisotopic (exact) mass is 525 g/mol. The number of fused-ring (bicyclic) bond motifs is 1. The average Bonchev–Trinajstić information content (AvgIpc) is 2.96. The molecule has 39 heavy (non-hydrogen) atoms. The zero-order valence-corrected chi connectivity index (χ0v) is 21.3. The number of hydrogen-bond acceptors (Lipinski definition) is 6. The van der Waals surface area contributed by atoms with E-state index in [2.05, 4.69) is 10.6 Å². The van der Waals surface area contributed by atoms with Gasteiger partial charge in [-0.25, -0.2) is 19.1 Å². The number of aromatic carboxylic acids is 1. The number of carbonyl (C=O) groups is 2. The number of nitrogens with one attached hydrogen (secondary N) is 2. The molecule has 0 saturated carbocycles. The fraction of sp³-hybridized carbons (Fsp3) is 0.172. The molecule has 2 heterocycles. The average molecular weight is 526 g/mol. The quantitative estimate of drug-likeness (QED) is 0.331. The van der Waals surface area contributed by atoms with Crippen LogP contribution in [0.4, 0.5) is 16.4 Å². The van der Waals surface area contributed by atoms with E-state index in [4.69, 9.17) is 9.72 Å². The largest absolute Gasteiger partial charge is 0.497 e. The van der Waals surface area contributed by atoms with E-state index in [1.807, 2.05) is 54.6 Å². The Balaban J connectivity index is 1.42. The van der Waals surface area contributed by atoms with E-state index in [9.17, 15) is 19.5 Å². The van der Waals surface area contributed by atoms with Gasteiger partial charge in [0.05, 0.1) is 36.2 Å². The highest BCUT2D eigenvalue weighted by Crippen LogP contribution is 2.21. The Morgan fingerprint density at radius 1 is 1.03 bits per heavy atom. The number of urea groups is 1. The highest BCUT2D eigenvalue weighted by molar-refractivity contribution is 5.93. The van der Waals surface area contributed by atoms with Crippen LogP contribution < -0.4 is 20.9 Å². The van der Waals surface area contributed by atoms with Crippen molar-refractivity contribution < 1.29 is 19.4 Å². The minimum Gasteiger partial charge on any atom is -0.497 e. The maximum Gasteiger partial charge on any atom is 0.335 e. The van der Waals surface area contributed by atoms with Gasteiger partial charge < -0.3 is 25.4 Å². The number of hydrogen-bond donors (Lipinski definition) is 3. The first-order chi connectivity index (χ1) is 18.9. The van der Waals surface area contributed by atoms with Crippen molar-refractivity contribution in [3.05, 3.63) is 112 Å². The molecular weight excluding hydrogens is 498 g/mol. The Morgan fingerprint density at radius 2 is 1.79 bits per heavy atom. The van der Waals surface area contributed by atoms with Crippen LogP contribution in [0.2, 0.25) is 0 Å². The van der Waals surface area contributed by atoms with Gasteiger partial charge in [0.1, 0.15) is 5.75 Å². The molecule has 10 heteroatoms. The van der Waals surface area contributed by atoms with Gasteiger partial charge >= 0.3 is 12.0 Å². The van der Waals surface area contributed by atoms with E-state index >= 15 is 0 Å². The number of carbonyl (C=O) groups excluding carboxylic acids is 1. The molecule has 4 aromatic rings. The molecule has 3 N–H and O–H groups in total. The SMILES string of the molecule is COc1ccc(CNc2nc3c(c(=O)n2-c2ccccc2)CN(C(=O)Nc2cccc(C(=O)O)c2)CC3)cc1. The molecule has 0 atom stereocenters. The van der Waals surface area contributed by atoms with Crippen molar-refractivity contribution in [2.24, 2.45) is 0 Å². The molecule has 3 aromatic carbocycles. The van der Waals surface area contributed by atoms with Gasteiger partial charge in [-0.1, -0.05) is 36.4 Å². The van der Waals surface area contributed by atoms with Crippen LogP contribution in [0.5, 0.6) is 5.75 Å². The molecule has 0 fully saturated rings. The lowest BCUT2D eigenvalue weighted by Crippen LogP contribution is -2.43. The Bertz CT molecular complexity index is 1570. The summed E-state index contributed by atoms with van der Waals surface area (Å²) in [6.07, 6.45) is 0.403. The number of nitrogens with zero attached hydrogens (tertiary/aromatic N) is 3. The molecule has 0 spiro atoms. The van der Waals surface area contributed by atoms with Gasteiger partial charge in [-0.3, -0.25) is 4.79 Å². The van der Waals surface area contributed by atoms with Crippen molar-refractivity contribution in [1.29, 1.82) is 0 Å². The van der Waals surface area contributed by atoms with Crippen molar-refractivity contribution in [2.45, 2.75) is 19.5 Å². The summed E-state index contributed by atoms with van der Waals surface area (Å²) in [4.78, 5) is 44.4. The van der Waals surface area contributed by atoms with E-state index in [0.717, 1.165) is 11.3 Å². The summed E-state index contributed by atoms with van der Waals surface area (Å²) in [5.41, 5.74) is 2.91. The highest BCUT2D eigenvalue weighted by atomic mass is 16.5. The summed E-state index contributed by atoms with van der Waals surface area (Å²) in [6.45, 7) is 0.889. The van der Waals surface area contributed by atoms with Crippen molar-refractivity contribution in [3.8, 4) is 11.4 Å². The maximum absolute atomic E-state index is 13.8. The smallest absolute Gasteiger partial charge is 0.335 e. The molecule has 10 nitrogen and oxygen atoms in total.